The highest BCUT2D eigenvalue weighted by Crippen LogP contribution is 2.24. The molecule has 0 unspecified atom stereocenters. The van der Waals surface area contributed by atoms with Crippen LogP contribution in [0.4, 0.5) is 0 Å². The lowest BCUT2D eigenvalue weighted by Crippen LogP contribution is -2.09. The molecule has 0 aromatic carbocycles. The zero-order chi connectivity index (χ0) is 6.91. The van der Waals surface area contributed by atoms with Crippen molar-refractivity contribution >= 4 is 16.1 Å². The summed E-state index contributed by atoms with van der Waals surface area (Å²) in [5, 5.41) is 0. The largest absolute Gasteiger partial charge is 0.292 e. The van der Waals surface area contributed by atoms with Crippen molar-refractivity contribution in [3.63, 3.8) is 0 Å². The summed E-state index contributed by atoms with van der Waals surface area (Å²) in [7, 11) is 0. The number of hydrogen-bond acceptors (Lipinski definition) is 1. The zero-order valence-electron chi connectivity index (χ0n) is 5.63. The second-order valence-electron chi connectivity index (χ2n) is 2.80. The molecule has 0 saturated carbocycles. The molecule has 0 amide bonds. The van der Waals surface area contributed by atoms with Crippen LogP contribution in [0, 0.1) is 5.41 Å². The van der Waals surface area contributed by atoms with E-state index in [1.807, 2.05) is 16.3 Å². The van der Waals surface area contributed by atoms with Gasteiger partial charge in [0, 0.05) is 17.8 Å². The van der Waals surface area contributed by atoms with Gasteiger partial charge in [-0.15, -0.1) is 0 Å². The number of hydrogen-bond donors (Lipinski definition) is 0. The van der Waals surface area contributed by atoms with Crippen molar-refractivity contribution in [2.45, 2.75) is 13.8 Å². The first-order valence-electron chi connectivity index (χ1n) is 2.93. The van der Waals surface area contributed by atoms with Crippen molar-refractivity contribution in [1.82, 2.24) is 3.93 Å². The number of halogens is 1. The van der Waals surface area contributed by atoms with Gasteiger partial charge in [-0.1, -0.05) is 26.0 Å². The number of nitrogens with zero attached hydrogens (tertiary/aromatic N) is 1. The van der Waals surface area contributed by atoms with Gasteiger partial charge in [-0.3, -0.25) is 3.93 Å². The summed E-state index contributed by atoms with van der Waals surface area (Å²) in [4.78, 5) is 0. The van der Waals surface area contributed by atoms with Crippen LogP contribution in [0.1, 0.15) is 13.8 Å². The summed E-state index contributed by atoms with van der Waals surface area (Å²) in [6, 6.07) is 0. The first-order valence-corrected chi connectivity index (χ1v) is 3.64. The first-order chi connectivity index (χ1) is 4.10. The summed E-state index contributed by atoms with van der Waals surface area (Å²) in [6.07, 6.45) is 8.28. The van der Waals surface area contributed by atoms with Crippen LogP contribution in [0.15, 0.2) is 24.6 Å². The third-order valence-corrected chi connectivity index (χ3v) is 1.77. The van der Waals surface area contributed by atoms with Crippen molar-refractivity contribution in [1.29, 1.82) is 0 Å². The maximum atomic E-state index is 3.30. The highest BCUT2D eigenvalue weighted by Gasteiger charge is 2.11. The average Bonchev–Trinajstić information content (AvgIpc) is 1.78. The third-order valence-electron chi connectivity index (χ3n) is 1.29. The molecule has 0 N–H and O–H groups in total. The van der Waals surface area contributed by atoms with E-state index in [2.05, 4.69) is 42.1 Å². The van der Waals surface area contributed by atoms with E-state index in [9.17, 15) is 0 Å². The van der Waals surface area contributed by atoms with Gasteiger partial charge in [-0.25, -0.2) is 0 Å². The molecule has 0 aromatic rings. The fourth-order valence-electron chi connectivity index (χ4n) is 0.632. The molecular formula is C7H10BrN. The highest BCUT2D eigenvalue weighted by atomic mass is 79.9. The van der Waals surface area contributed by atoms with Crippen molar-refractivity contribution < 1.29 is 0 Å². The van der Waals surface area contributed by atoms with Crippen molar-refractivity contribution in [2.24, 2.45) is 5.41 Å². The van der Waals surface area contributed by atoms with Gasteiger partial charge in [0.25, 0.3) is 0 Å². The van der Waals surface area contributed by atoms with Gasteiger partial charge in [0.2, 0.25) is 0 Å². The summed E-state index contributed by atoms with van der Waals surface area (Å²) >= 11 is 3.30. The van der Waals surface area contributed by atoms with Gasteiger partial charge in [0.05, 0.1) is 16.1 Å². The van der Waals surface area contributed by atoms with E-state index in [-0.39, 0.29) is 5.41 Å². The first kappa shape index (κ1) is 6.87. The second-order valence-corrected chi connectivity index (χ2v) is 3.62. The van der Waals surface area contributed by atoms with Crippen molar-refractivity contribution in [2.75, 3.05) is 0 Å². The van der Waals surface area contributed by atoms with Gasteiger partial charge >= 0.3 is 0 Å². The molecule has 0 radical (unpaired) electrons. The molecule has 0 fully saturated rings. The summed E-state index contributed by atoms with van der Waals surface area (Å²) in [5.74, 6) is 0. The molecule has 2 heteroatoms. The average molecular weight is 188 g/mol. The Balaban J connectivity index is 2.70. The standard InChI is InChI=1S/C7H10BrN/c1-7(2)3-5-9(8)6-4-7/h3-6H,1-2H3. The maximum Gasteiger partial charge on any atom is 0.0539 e. The molecule has 0 spiro atoms. The lowest BCUT2D eigenvalue weighted by molar-refractivity contribution is 0.589. The SMILES string of the molecule is CC1(C)C=CN(Br)C=C1. The summed E-state index contributed by atoms with van der Waals surface area (Å²) < 4.78 is 1.86. The maximum absolute atomic E-state index is 3.30. The van der Waals surface area contributed by atoms with Gasteiger partial charge in [-0.2, -0.15) is 0 Å². The lowest BCUT2D eigenvalue weighted by atomic mass is 9.93. The molecule has 50 valence electrons. The van der Waals surface area contributed by atoms with Crippen LogP contribution in [-0.2, 0) is 0 Å². The van der Waals surface area contributed by atoms with Crippen LogP contribution in [0.2, 0.25) is 0 Å². The lowest BCUT2D eigenvalue weighted by Gasteiger charge is -2.20. The Morgan fingerprint density at radius 2 is 1.67 bits per heavy atom. The molecule has 9 heavy (non-hydrogen) atoms. The smallest absolute Gasteiger partial charge is 0.0539 e. The molecule has 0 bridgehead atoms. The summed E-state index contributed by atoms with van der Waals surface area (Å²) in [6.45, 7) is 4.33. The van der Waals surface area contributed by atoms with Crippen molar-refractivity contribution in [3.8, 4) is 0 Å². The van der Waals surface area contributed by atoms with Crippen LogP contribution < -0.4 is 0 Å². The third kappa shape index (κ3) is 1.86. The topological polar surface area (TPSA) is 3.24 Å². The van der Waals surface area contributed by atoms with E-state index in [1.54, 1.807) is 0 Å². The van der Waals surface area contributed by atoms with Gasteiger partial charge in [-0.05, 0) is 0 Å². The monoisotopic (exact) mass is 187 g/mol. The van der Waals surface area contributed by atoms with E-state index >= 15 is 0 Å². The molecule has 1 nitrogen and oxygen atoms in total. The van der Waals surface area contributed by atoms with E-state index in [4.69, 9.17) is 0 Å². The Labute approximate surface area is 64.4 Å². The van der Waals surface area contributed by atoms with Gasteiger partial charge < -0.3 is 0 Å². The van der Waals surface area contributed by atoms with Crippen LogP contribution in [0.25, 0.3) is 0 Å². The molecular weight excluding hydrogens is 178 g/mol. The van der Waals surface area contributed by atoms with E-state index in [0.29, 0.717) is 0 Å². The van der Waals surface area contributed by atoms with Gasteiger partial charge in [0.15, 0.2) is 0 Å². The predicted octanol–water partition coefficient (Wildman–Crippen LogP) is 2.67. The summed E-state index contributed by atoms with van der Waals surface area (Å²) in [5.41, 5.74) is 0.226. The normalized spacial score (nSPS) is 22.8. The predicted molar refractivity (Wildman–Crippen MR) is 42.8 cm³/mol. The molecule has 0 aliphatic carbocycles. The number of allylic oxidation sites excluding steroid dienone is 2. The zero-order valence-corrected chi connectivity index (χ0v) is 7.22. The minimum absolute atomic E-state index is 0.226. The molecule has 0 saturated heterocycles. The van der Waals surface area contributed by atoms with Gasteiger partial charge in [0.1, 0.15) is 0 Å². The minimum Gasteiger partial charge on any atom is -0.292 e. The quantitative estimate of drug-likeness (QED) is 0.528. The fourth-order valence-corrected chi connectivity index (χ4v) is 0.868. The number of rotatable bonds is 0. The fraction of sp³-hybridized carbons (Fsp3) is 0.429. The molecule has 1 heterocycles. The molecule has 0 atom stereocenters. The van der Waals surface area contributed by atoms with E-state index in [1.165, 1.54) is 0 Å². The molecule has 1 rings (SSSR count). The van der Waals surface area contributed by atoms with Crippen LogP contribution in [-0.4, -0.2) is 3.93 Å². The van der Waals surface area contributed by atoms with E-state index < -0.39 is 0 Å². The minimum atomic E-state index is 0.226. The van der Waals surface area contributed by atoms with E-state index in [0.717, 1.165) is 0 Å². The molecule has 1 aliphatic heterocycles. The Kier molecular flexibility index (Phi) is 1.66. The highest BCUT2D eigenvalue weighted by molar-refractivity contribution is 9.07. The van der Waals surface area contributed by atoms with Crippen molar-refractivity contribution in [3.05, 3.63) is 24.6 Å². The second kappa shape index (κ2) is 2.18. The Morgan fingerprint density at radius 3 is 2.00 bits per heavy atom. The Bertz CT molecular complexity index is 142. The molecule has 1 aliphatic rings. The molecule has 0 aromatic heterocycles. The Morgan fingerprint density at radius 1 is 1.22 bits per heavy atom. The van der Waals surface area contributed by atoms with Crippen LogP contribution in [0.3, 0.4) is 0 Å². The van der Waals surface area contributed by atoms with Crippen LogP contribution >= 0.6 is 16.1 Å². The van der Waals surface area contributed by atoms with Crippen LogP contribution in [0.5, 0.6) is 0 Å². The Hall–Kier alpha value is -0.240.